The number of hydrogen-bond acceptors (Lipinski definition) is 1. The monoisotopic (exact) mass is 383 g/mol. The van der Waals surface area contributed by atoms with Crippen LogP contribution in [0.25, 0.3) is 21.9 Å². The van der Waals surface area contributed by atoms with Crippen molar-refractivity contribution >= 4 is 21.8 Å². The van der Waals surface area contributed by atoms with Crippen molar-refractivity contribution in [1.82, 2.24) is 4.72 Å². The molecule has 2 atom stereocenters. The molecule has 4 heteroatoms. The Hall–Kier alpha value is -2.04. The zero-order valence-corrected chi connectivity index (χ0v) is 17.3. The van der Waals surface area contributed by atoms with E-state index in [1.54, 1.807) is 6.07 Å². The highest BCUT2D eigenvalue weighted by Crippen LogP contribution is 2.36. The molecule has 0 aliphatic rings. The highest BCUT2D eigenvalue weighted by atomic mass is 32.2. The van der Waals surface area contributed by atoms with Gasteiger partial charge in [0.15, 0.2) is 0 Å². The summed E-state index contributed by atoms with van der Waals surface area (Å²) in [5.74, 6) is -0.247. The SMILES string of the molecule is Cc1cc(F)cc(-c2c(C(C)NS(=O)C(C)(C)C)ccc3ccccc23)c1. The largest absolute Gasteiger partial charge is 0.242 e. The number of rotatable bonds is 4. The van der Waals surface area contributed by atoms with Crippen molar-refractivity contribution in [1.29, 1.82) is 0 Å². The summed E-state index contributed by atoms with van der Waals surface area (Å²) in [6, 6.07) is 17.2. The Bertz CT molecular complexity index is 987. The number of aryl methyl sites for hydroxylation is 1. The number of fused-ring (bicyclic) bond motifs is 1. The van der Waals surface area contributed by atoms with E-state index in [1.165, 1.54) is 6.07 Å². The molecule has 27 heavy (non-hydrogen) atoms. The molecule has 3 rings (SSSR count). The maximum atomic E-state index is 14.1. The Labute approximate surface area is 163 Å². The summed E-state index contributed by atoms with van der Waals surface area (Å²) in [4.78, 5) is 0. The Kier molecular flexibility index (Phi) is 5.50. The lowest BCUT2D eigenvalue weighted by molar-refractivity contribution is 0.616. The van der Waals surface area contributed by atoms with Gasteiger partial charge >= 0.3 is 0 Å². The topological polar surface area (TPSA) is 29.1 Å². The van der Waals surface area contributed by atoms with Gasteiger partial charge in [-0.1, -0.05) is 42.5 Å². The van der Waals surface area contributed by atoms with Crippen molar-refractivity contribution in [3.8, 4) is 11.1 Å². The van der Waals surface area contributed by atoms with Crippen LogP contribution in [-0.4, -0.2) is 8.96 Å². The van der Waals surface area contributed by atoms with E-state index in [2.05, 4.69) is 29.0 Å². The van der Waals surface area contributed by atoms with Crippen LogP contribution in [0.4, 0.5) is 4.39 Å². The molecule has 2 nitrogen and oxygen atoms in total. The minimum Gasteiger partial charge on any atom is -0.242 e. The van der Waals surface area contributed by atoms with Crippen LogP contribution in [0.1, 0.15) is 44.9 Å². The first-order chi connectivity index (χ1) is 12.7. The number of benzene rings is 3. The molecule has 0 aliphatic carbocycles. The summed E-state index contributed by atoms with van der Waals surface area (Å²) in [5.41, 5.74) is 3.72. The fourth-order valence-corrected chi connectivity index (χ4v) is 4.05. The molecule has 0 aliphatic heterocycles. The number of hydrogen-bond donors (Lipinski definition) is 1. The zero-order valence-electron chi connectivity index (χ0n) is 16.5. The van der Waals surface area contributed by atoms with Gasteiger partial charge in [0.1, 0.15) is 5.82 Å². The minimum atomic E-state index is -1.20. The van der Waals surface area contributed by atoms with Crippen LogP contribution in [0, 0.1) is 12.7 Å². The van der Waals surface area contributed by atoms with Crippen LogP contribution in [0.2, 0.25) is 0 Å². The lowest BCUT2D eigenvalue weighted by Crippen LogP contribution is -2.35. The van der Waals surface area contributed by atoms with Crippen LogP contribution in [-0.2, 0) is 11.0 Å². The van der Waals surface area contributed by atoms with Gasteiger partial charge in [-0.2, -0.15) is 0 Å². The summed E-state index contributed by atoms with van der Waals surface area (Å²) in [6.07, 6.45) is 0. The van der Waals surface area contributed by atoms with Crippen molar-refractivity contribution in [2.24, 2.45) is 0 Å². The lowest BCUT2D eigenvalue weighted by atomic mass is 9.90. The number of halogens is 1. The Morgan fingerprint density at radius 1 is 1.04 bits per heavy atom. The molecule has 1 N–H and O–H groups in total. The van der Waals surface area contributed by atoms with Crippen LogP contribution in [0.5, 0.6) is 0 Å². The van der Waals surface area contributed by atoms with Gasteiger partial charge in [0.2, 0.25) is 0 Å². The van der Waals surface area contributed by atoms with Crippen LogP contribution in [0.3, 0.4) is 0 Å². The third kappa shape index (κ3) is 4.28. The molecule has 0 saturated heterocycles. The molecule has 0 spiro atoms. The standard InChI is InChI=1S/C23H26FNOS/c1-15-12-18(14-19(24)13-15)22-20(16(2)25-27(26)23(3,4)5)11-10-17-8-6-7-9-21(17)22/h6-14,16,25H,1-5H3. The van der Waals surface area contributed by atoms with E-state index < -0.39 is 11.0 Å². The van der Waals surface area contributed by atoms with E-state index in [9.17, 15) is 8.60 Å². The van der Waals surface area contributed by atoms with Gasteiger partial charge in [-0.25, -0.2) is 13.3 Å². The first-order valence-corrected chi connectivity index (χ1v) is 10.3. The van der Waals surface area contributed by atoms with Gasteiger partial charge in [-0.3, -0.25) is 0 Å². The molecule has 0 radical (unpaired) electrons. The van der Waals surface area contributed by atoms with E-state index in [0.29, 0.717) is 0 Å². The highest BCUT2D eigenvalue weighted by molar-refractivity contribution is 7.84. The molecular weight excluding hydrogens is 357 g/mol. The van der Waals surface area contributed by atoms with E-state index in [4.69, 9.17) is 0 Å². The predicted molar refractivity (Wildman–Crippen MR) is 114 cm³/mol. The highest BCUT2D eigenvalue weighted by Gasteiger charge is 2.23. The summed E-state index contributed by atoms with van der Waals surface area (Å²) >= 11 is 0. The van der Waals surface area contributed by atoms with Gasteiger partial charge < -0.3 is 0 Å². The van der Waals surface area contributed by atoms with Crippen molar-refractivity contribution in [3.63, 3.8) is 0 Å². The van der Waals surface area contributed by atoms with E-state index in [0.717, 1.165) is 33.0 Å². The Balaban J connectivity index is 2.20. The average molecular weight is 384 g/mol. The second kappa shape index (κ2) is 7.53. The van der Waals surface area contributed by atoms with E-state index in [-0.39, 0.29) is 16.6 Å². The molecule has 2 unspecified atom stereocenters. The Morgan fingerprint density at radius 2 is 1.74 bits per heavy atom. The van der Waals surface area contributed by atoms with Gasteiger partial charge in [0.05, 0.1) is 15.7 Å². The molecular formula is C23H26FNOS. The van der Waals surface area contributed by atoms with E-state index in [1.807, 2.05) is 52.8 Å². The van der Waals surface area contributed by atoms with Gasteiger partial charge in [-0.15, -0.1) is 0 Å². The first-order valence-electron chi connectivity index (χ1n) is 9.14. The second-order valence-electron chi connectivity index (χ2n) is 7.99. The molecule has 142 valence electrons. The maximum Gasteiger partial charge on any atom is 0.124 e. The third-order valence-corrected chi connectivity index (χ3v) is 6.28. The summed E-state index contributed by atoms with van der Waals surface area (Å²) in [6.45, 7) is 9.73. The maximum absolute atomic E-state index is 14.1. The van der Waals surface area contributed by atoms with E-state index >= 15 is 0 Å². The van der Waals surface area contributed by atoms with Gasteiger partial charge in [0.25, 0.3) is 0 Å². The molecule has 0 amide bonds. The van der Waals surface area contributed by atoms with Crippen molar-refractivity contribution in [3.05, 3.63) is 71.5 Å². The molecule has 0 aromatic heterocycles. The average Bonchev–Trinajstić information content (AvgIpc) is 2.58. The summed E-state index contributed by atoms with van der Waals surface area (Å²) in [7, 11) is -1.20. The molecule has 0 bridgehead atoms. The van der Waals surface area contributed by atoms with Gasteiger partial charge in [0, 0.05) is 6.04 Å². The summed E-state index contributed by atoms with van der Waals surface area (Å²) in [5, 5.41) is 2.16. The van der Waals surface area contributed by atoms with Crippen molar-refractivity contribution < 1.29 is 8.60 Å². The van der Waals surface area contributed by atoms with Crippen molar-refractivity contribution in [2.45, 2.75) is 45.4 Å². The third-order valence-electron chi connectivity index (χ3n) is 4.60. The van der Waals surface area contributed by atoms with Crippen molar-refractivity contribution in [2.75, 3.05) is 0 Å². The van der Waals surface area contributed by atoms with Crippen LogP contribution < -0.4 is 4.72 Å². The predicted octanol–water partition coefficient (Wildman–Crippen LogP) is 6.07. The molecule has 3 aromatic rings. The zero-order chi connectivity index (χ0) is 19.8. The smallest absolute Gasteiger partial charge is 0.124 e. The fourth-order valence-electron chi connectivity index (χ4n) is 3.25. The molecule has 0 fully saturated rings. The van der Waals surface area contributed by atoms with Gasteiger partial charge in [-0.05, 0) is 79.8 Å². The second-order valence-corrected chi connectivity index (χ2v) is 9.99. The molecule has 3 aromatic carbocycles. The molecule has 0 saturated carbocycles. The van der Waals surface area contributed by atoms with Crippen LogP contribution >= 0.6 is 0 Å². The Morgan fingerprint density at radius 3 is 2.41 bits per heavy atom. The quantitative estimate of drug-likeness (QED) is 0.582. The lowest BCUT2D eigenvalue weighted by Gasteiger charge is -2.24. The number of nitrogens with one attached hydrogen (secondary N) is 1. The van der Waals surface area contributed by atoms with Crippen LogP contribution in [0.15, 0.2) is 54.6 Å². The fraction of sp³-hybridized carbons (Fsp3) is 0.304. The normalized spacial score (nSPS) is 14.3. The molecule has 0 heterocycles. The first kappa shape index (κ1) is 19.7. The summed E-state index contributed by atoms with van der Waals surface area (Å²) < 4.78 is 29.6. The minimum absolute atomic E-state index is 0.145.